The van der Waals surface area contributed by atoms with Crippen molar-refractivity contribution in [2.45, 2.75) is 31.6 Å². The zero-order valence-corrected chi connectivity index (χ0v) is 12.8. The maximum Gasteiger partial charge on any atom is 0.272 e. The van der Waals surface area contributed by atoms with Crippen molar-refractivity contribution >= 4 is 16.8 Å². The first-order chi connectivity index (χ1) is 10.9. The van der Waals surface area contributed by atoms with E-state index in [-0.39, 0.29) is 24.5 Å². The van der Waals surface area contributed by atoms with Gasteiger partial charge in [0.2, 0.25) is 5.92 Å². The number of fused-ring (bicyclic) bond motifs is 1. The molecule has 1 aromatic carbocycles. The standard InChI is InChI=1S/C16H18F3N3O/c1-22-13-3-2-11(17)8-12(13)14(21-22)15(23)20-9-10-4-6-16(18,19)7-5-10/h2-3,8,10H,4-7,9H2,1H3,(H,20,23). The summed E-state index contributed by atoms with van der Waals surface area (Å²) < 4.78 is 41.2. The molecule has 4 nitrogen and oxygen atoms in total. The second kappa shape index (κ2) is 5.86. The van der Waals surface area contributed by atoms with Crippen LogP contribution in [0.4, 0.5) is 13.2 Å². The van der Waals surface area contributed by atoms with E-state index in [2.05, 4.69) is 10.4 Å². The minimum atomic E-state index is -2.57. The van der Waals surface area contributed by atoms with Crippen LogP contribution in [0.1, 0.15) is 36.2 Å². The third kappa shape index (κ3) is 3.33. The molecule has 3 rings (SSSR count). The summed E-state index contributed by atoms with van der Waals surface area (Å²) in [5, 5.41) is 7.32. The zero-order chi connectivity index (χ0) is 16.6. The van der Waals surface area contributed by atoms with Gasteiger partial charge in [0.25, 0.3) is 5.91 Å². The Morgan fingerprint density at radius 3 is 2.78 bits per heavy atom. The Kier molecular flexibility index (Phi) is 4.04. The Labute approximate surface area is 131 Å². The molecule has 23 heavy (non-hydrogen) atoms. The molecule has 124 valence electrons. The molecule has 0 saturated heterocycles. The molecule has 1 aromatic heterocycles. The second-order valence-corrected chi connectivity index (χ2v) is 6.14. The lowest BCUT2D eigenvalue weighted by molar-refractivity contribution is -0.0452. The van der Waals surface area contributed by atoms with Crippen molar-refractivity contribution in [1.29, 1.82) is 0 Å². The molecule has 7 heteroatoms. The summed E-state index contributed by atoms with van der Waals surface area (Å²) in [6.07, 6.45) is 0.520. The number of hydrogen-bond donors (Lipinski definition) is 1. The van der Waals surface area contributed by atoms with Crippen molar-refractivity contribution in [1.82, 2.24) is 15.1 Å². The number of halogens is 3. The highest BCUT2D eigenvalue weighted by atomic mass is 19.3. The van der Waals surface area contributed by atoms with Gasteiger partial charge in [-0.15, -0.1) is 0 Å². The summed E-state index contributed by atoms with van der Waals surface area (Å²) in [6, 6.07) is 4.16. The van der Waals surface area contributed by atoms with E-state index in [0.29, 0.717) is 30.3 Å². The molecule has 1 fully saturated rings. The van der Waals surface area contributed by atoms with E-state index in [0.717, 1.165) is 0 Å². The predicted octanol–water partition coefficient (Wildman–Crippen LogP) is 3.27. The molecule has 0 atom stereocenters. The summed E-state index contributed by atoms with van der Waals surface area (Å²) in [6.45, 7) is 0.336. The first kappa shape index (κ1) is 15.8. The van der Waals surface area contributed by atoms with Crippen LogP contribution in [0.25, 0.3) is 10.9 Å². The van der Waals surface area contributed by atoms with E-state index < -0.39 is 17.6 Å². The average Bonchev–Trinajstić information content (AvgIpc) is 2.82. The van der Waals surface area contributed by atoms with E-state index in [9.17, 15) is 18.0 Å². The molecule has 1 amide bonds. The number of aromatic nitrogens is 2. The van der Waals surface area contributed by atoms with Gasteiger partial charge in [-0.1, -0.05) is 0 Å². The lowest BCUT2D eigenvalue weighted by atomic mass is 9.87. The second-order valence-electron chi connectivity index (χ2n) is 6.14. The monoisotopic (exact) mass is 325 g/mol. The molecule has 1 N–H and O–H groups in total. The number of hydrogen-bond acceptors (Lipinski definition) is 2. The van der Waals surface area contributed by atoms with Gasteiger partial charge in [0.1, 0.15) is 5.82 Å². The third-order valence-electron chi connectivity index (χ3n) is 4.42. The highest BCUT2D eigenvalue weighted by Crippen LogP contribution is 2.35. The van der Waals surface area contributed by atoms with E-state index in [1.165, 1.54) is 16.8 Å². The molecule has 0 bridgehead atoms. The Bertz CT molecular complexity index is 731. The Balaban J connectivity index is 1.68. The molecule has 0 unspecified atom stereocenters. The molecule has 1 heterocycles. The van der Waals surface area contributed by atoms with Crippen LogP contribution in [-0.4, -0.2) is 28.2 Å². The lowest BCUT2D eigenvalue weighted by Gasteiger charge is -2.28. The predicted molar refractivity (Wildman–Crippen MR) is 79.9 cm³/mol. The van der Waals surface area contributed by atoms with Gasteiger partial charge in [-0.3, -0.25) is 9.48 Å². The van der Waals surface area contributed by atoms with Crippen LogP contribution in [0.5, 0.6) is 0 Å². The Hall–Kier alpha value is -2.05. The van der Waals surface area contributed by atoms with Crippen LogP contribution in [0, 0.1) is 11.7 Å². The van der Waals surface area contributed by atoms with Crippen LogP contribution in [0.2, 0.25) is 0 Å². The summed E-state index contributed by atoms with van der Waals surface area (Å²) in [4.78, 5) is 12.3. The molecule has 1 saturated carbocycles. The molecule has 0 radical (unpaired) electrons. The molecule has 1 aliphatic rings. The van der Waals surface area contributed by atoms with Gasteiger partial charge in [0, 0.05) is 31.8 Å². The normalized spacial score (nSPS) is 18.3. The van der Waals surface area contributed by atoms with Crippen LogP contribution >= 0.6 is 0 Å². The van der Waals surface area contributed by atoms with Gasteiger partial charge >= 0.3 is 0 Å². The maximum atomic E-state index is 13.4. The fourth-order valence-electron chi connectivity index (χ4n) is 3.03. The minimum absolute atomic E-state index is 0.0466. The SMILES string of the molecule is Cn1nc(C(=O)NCC2CCC(F)(F)CC2)c2cc(F)ccc21. The number of carbonyl (C=O) groups is 1. The minimum Gasteiger partial charge on any atom is -0.350 e. The fraction of sp³-hybridized carbons (Fsp3) is 0.500. The Morgan fingerprint density at radius 1 is 1.39 bits per heavy atom. The maximum absolute atomic E-state index is 13.4. The van der Waals surface area contributed by atoms with Gasteiger partial charge in [0.05, 0.1) is 5.52 Å². The number of nitrogens with one attached hydrogen (secondary N) is 1. The molecular formula is C16H18F3N3O. The van der Waals surface area contributed by atoms with Crippen molar-refractivity contribution in [2.24, 2.45) is 13.0 Å². The van der Waals surface area contributed by atoms with Gasteiger partial charge in [-0.2, -0.15) is 5.10 Å². The summed E-state index contributed by atoms with van der Waals surface area (Å²) >= 11 is 0. The fourth-order valence-corrected chi connectivity index (χ4v) is 3.03. The summed E-state index contributed by atoms with van der Waals surface area (Å²) in [5.74, 6) is -3.37. The van der Waals surface area contributed by atoms with E-state index in [1.807, 2.05) is 0 Å². The van der Waals surface area contributed by atoms with Crippen LogP contribution in [0.3, 0.4) is 0 Å². The van der Waals surface area contributed by atoms with Crippen LogP contribution in [-0.2, 0) is 7.05 Å². The number of aryl methyl sites for hydroxylation is 1. The lowest BCUT2D eigenvalue weighted by Crippen LogP contribution is -2.34. The number of benzene rings is 1. The summed E-state index contributed by atoms with van der Waals surface area (Å²) in [7, 11) is 1.68. The third-order valence-corrected chi connectivity index (χ3v) is 4.42. The van der Waals surface area contributed by atoms with E-state index >= 15 is 0 Å². The smallest absolute Gasteiger partial charge is 0.272 e. The van der Waals surface area contributed by atoms with E-state index in [4.69, 9.17) is 0 Å². The number of amides is 1. The topological polar surface area (TPSA) is 46.9 Å². The highest BCUT2D eigenvalue weighted by Gasteiger charge is 2.34. The van der Waals surface area contributed by atoms with Crippen molar-refractivity contribution in [3.8, 4) is 0 Å². The Morgan fingerprint density at radius 2 is 2.09 bits per heavy atom. The molecule has 1 aliphatic carbocycles. The first-order valence-electron chi connectivity index (χ1n) is 7.64. The first-order valence-corrected chi connectivity index (χ1v) is 7.64. The van der Waals surface area contributed by atoms with Crippen molar-refractivity contribution < 1.29 is 18.0 Å². The van der Waals surface area contributed by atoms with Crippen molar-refractivity contribution in [3.63, 3.8) is 0 Å². The van der Waals surface area contributed by atoms with Crippen LogP contribution < -0.4 is 5.32 Å². The molecule has 2 aromatic rings. The van der Waals surface area contributed by atoms with Crippen molar-refractivity contribution in [3.05, 3.63) is 29.7 Å². The van der Waals surface area contributed by atoms with Gasteiger partial charge in [-0.05, 0) is 37.0 Å². The van der Waals surface area contributed by atoms with Crippen molar-refractivity contribution in [2.75, 3.05) is 6.54 Å². The quantitative estimate of drug-likeness (QED) is 0.941. The number of alkyl halides is 2. The molecular weight excluding hydrogens is 307 g/mol. The zero-order valence-electron chi connectivity index (χ0n) is 12.8. The van der Waals surface area contributed by atoms with E-state index in [1.54, 1.807) is 13.1 Å². The van der Waals surface area contributed by atoms with Gasteiger partial charge in [0.15, 0.2) is 5.69 Å². The van der Waals surface area contributed by atoms with Gasteiger partial charge in [-0.25, -0.2) is 13.2 Å². The highest BCUT2D eigenvalue weighted by molar-refractivity contribution is 6.04. The summed E-state index contributed by atoms with van der Waals surface area (Å²) in [5.41, 5.74) is 0.817. The number of nitrogens with zero attached hydrogens (tertiary/aromatic N) is 2. The van der Waals surface area contributed by atoms with Gasteiger partial charge < -0.3 is 5.32 Å². The number of rotatable bonds is 3. The molecule has 0 spiro atoms. The average molecular weight is 325 g/mol. The molecule has 0 aliphatic heterocycles. The largest absolute Gasteiger partial charge is 0.350 e. The number of carbonyl (C=O) groups excluding carboxylic acids is 1. The van der Waals surface area contributed by atoms with Crippen LogP contribution in [0.15, 0.2) is 18.2 Å².